The zero-order valence-corrected chi connectivity index (χ0v) is 21.3. The fourth-order valence-electron chi connectivity index (χ4n) is 4.12. The molecule has 0 atom stereocenters. The van der Waals surface area contributed by atoms with Crippen molar-refractivity contribution in [2.75, 3.05) is 44.3 Å². The van der Waals surface area contributed by atoms with E-state index in [-0.39, 0.29) is 18.3 Å². The monoisotopic (exact) mass is 545 g/mol. The lowest BCUT2D eigenvalue weighted by atomic mass is 10.0. The maximum Gasteiger partial charge on any atom is 0.260 e. The summed E-state index contributed by atoms with van der Waals surface area (Å²) >= 11 is 5.10. The van der Waals surface area contributed by atoms with Crippen LogP contribution in [0, 0.1) is 0 Å². The number of aromatic nitrogens is 1. The van der Waals surface area contributed by atoms with E-state index in [4.69, 9.17) is 9.72 Å². The second-order valence-electron chi connectivity index (χ2n) is 7.90. The van der Waals surface area contributed by atoms with E-state index in [2.05, 4.69) is 26.9 Å². The number of hydrogen-bond donors (Lipinski definition) is 0. The van der Waals surface area contributed by atoms with E-state index in [0.29, 0.717) is 6.54 Å². The summed E-state index contributed by atoms with van der Waals surface area (Å²) in [5, 5.41) is 2.79. The molecular formula is C25H25BrClN3O2S. The van der Waals surface area contributed by atoms with Crippen molar-refractivity contribution in [3.8, 4) is 0 Å². The maximum absolute atomic E-state index is 13.8. The van der Waals surface area contributed by atoms with Gasteiger partial charge in [0.25, 0.3) is 5.91 Å². The third-order valence-electron chi connectivity index (χ3n) is 5.80. The molecule has 0 unspecified atom stereocenters. The third kappa shape index (κ3) is 5.39. The van der Waals surface area contributed by atoms with Gasteiger partial charge in [-0.25, -0.2) is 4.98 Å². The van der Waals surface area contributed by atoms with Gasteiger partial charge >= 0.3 is 0 Å². The van der Waals surface area contributed by atoms with E-state index in [1.54, 1.807) is 11.3 Å². The van der Waals surface area contributed by atoms with Crippen LogP contribution in [0.15, 0.2) is 65.1 Å². The first-order chi connectivity index (χ1) is 15.7. The largest absolute Gasteiger partial charge is 0.379 e. The molecule has 0 bridgehead atoms. The Bertz CT molecular complexity index is 1250. The van der Waals surface area contributed by atoms with E-state index >= 15 is 0 Å². The molecule has 5 nitrogen and oxygen atoms in total. The Kier molecular flexibility index (Phi) is 7.98. The van der Waals surface area contributed by atoms with Crippen molar-refractivity contribution in [2.24, 2.45) is 0 Å². The normalized spacial score (nSPS) is 14.3. The van der Waals surface area contributed by atoms with Gasteiger partial charge in [-0.15, -0.1) is 12.4 Å². The van der Waals surface area contributed by atoms with E-state index < -0.39 is 0 Å². The minimum absolute atomic E-state index is 0. The van der Waals surface area contributed by atoms with Crippen molar-refractivity contribution in [1.82, 2.24) is 9.88 Å². The molecule has 1 aliphatic rings. The Morgan fingerprint density at radius 1 is 1.09 bits per heavy atom. The average Bonchev–Trinajstić information content (AvgIpc) is 3.24. The molecule has 3 aromatic carbocycles. The van der Waals surface area contributed by atoms with Crippen molar-refractivity contribution in [3.63, 3.8) is 0 Å². The summed E-state index contributed by atoms with van der Waals surface area (Å²) < 4.78 is 7.54. The molecule has 1 aliphatic heterocycles. The molecular weight excluding hydrogens is 522 g/mol. The standard InChI is InChI=1S/C25H24BrN3O2S.ClH/c26-19-9-10-22-23(17-19)32-25(27-22)29(12-4-11-28-13-15-31-16-14-28)24(30)21-8-3-6-18-5-1-2-7-20(18)21;/h1-3,5-10,17H,4,11-16H2;1H. The van der Waals surface area contributed by atoms with E-state index in [1.165, 1.54) is 0 Å². The summed E-state index contributed by atoms with van der Waals surface area (Å²) in [6.45, 7) is 5.04. The number of morpholine rings is 1. The molecule has 0 spiro atoms. The highest BCUT2D eigenvalue weighted by molar-refractivity contribution is 9.10. The number of rotatable bonds is 6. The van der Waals surface area contributed by atoms with Crippen molar-refractivity contribution in [3.05, 3.63) is 70.7 Å². The van der Waals surface area contributed by atoms with Gasteiger partial charge in [0.1, 0.15) is 0 Å². The first kappa shape index (κ1) is 24.1. The summed E-state index contributed by atoms with van der Waals surface area (Å²) in [6, 6.07) is 20.0. The number of thiazole rings is 1. The Labute approximate surface area is 211 Å². The summed E-state index contributed by atoms with van der Waals surface area (Å²) in [5.41, 5.74) is 1.63. The molecule has 172 valence electrons. The first-order valence-electron chi connectivity index (χ1n) is 10.8. The molecule has 33 heavy (non-hydrogen) atoms. The van der Waals surface area contributed by atoms with Gasteiger partial charge in [0.2, 0.25) is 0 Å². The molecule has 1 aromatic heterocycles. The van der Waals surface area contributed by atoms with Gasteiger partial charge in [-0.05, 0) is 41.5 Å². The second-order valence-corrected chi connectivity index (χ2v) is 9.82. The van der Waals surface area contributed by atoms with Crippen LogP contribution in [-0.2, 0) is 4.74 Å². The smallest absolute Gasteiger partial charge is 0.260 e. The number of halogens is 2. The predicted molar refractivity (Wildman–Crippen MR) is 142 cm³/mol. The Balaban J connectivity index is 0.00000259. The van der Waals surface area contributed by atoms with Crippen LogP contribution < -0.4 is 4.90 Å². The lowest BCUT2D eigenvalue weighted by Crippen LogP contribution is -2.39. The topological polar surface area (TPSA) is 45.7 Å². The molecule has 1 fully saturated rings. The molecule has 8 heteroatoms. The summed E-state index contributed by atoms with van der Waals surface area (Å²) in [4.78, 5) is 22.9. The van der Waals surface area contributed by atoms with Gasteiger partial charge < -0.3 is 4.74 Å². The molecule has 0 N–H and O–H groups in total. The van der Waals surface area contributed by atoms with Gasteiger partial charge in [0.15, 0.2) is 5.13 Å². The molecule has 0 aliphatic carbocycles. The van der Waals surface area contributed by atoms with Crippen LogP contribution in [0.2, 0.25) is 0 Å². The van der Waals surface area contributed by atoms with Crippen LogP contribution in [-0.4, -0.2) is 55.2 Å². The van der Waals surface area contributed by atoms with Gasteiger partial charge in [0.05, 0.1) is 23.4 Å². The van der Waals surface area contributed by atoms with Gasteiger partial charge in [-0.2, -0.15) is 0 Å². The fraction of sp³-hybridized carbons (Fsp3) is 0.280. The van der Waals surface area contributed by atoms with Crippen LogP contribution in [0.3, 0.4) is 0 Å². The van der Waals surface area contributed by atoms with Crippen LogP contribution in [0.5, 0.6) is 0 Å². The number of benzene rings is 3. The summed E-state index contributed by atoms with van der Waals surface area (Å²) in [6.07, 6.45) is 0.885. The Morgan fingerprint density at radius 2 is 1.88 bits per heavy atom. The average molecular weight is 547 g/mol. The number of anilines is 1. The first-order valence-corrected chi connectivity index (χ1v) is 12.5. The molecule has 4 aromatic rings. The van der Waals surface area contributed by atoms with E-state index in [1.807, 2.05) is 59.5 Å². The predicted octanol–water partition coefficient (Wildman–Crippen LogP) is 6.00. The van der Waals surface area contributed by atoms with Crippen LogP contribution in [0.1, 0.15) is 16.8 Å². The number of ether oxygens (including phenoxy) is 1. The molecule has 5 rings (SSSR count). The van der Waals surface area contributed by atoms with Crippen molar-refractivity contribution in [2.45, 2.75) is 6.42 Å². The lowest BCUT2D eigenvalue weighted by Gasteiger charge is -2.28. The number of carbonyl (C=O) groups is 1. The van der Waals surface area contributed by atoms with E-state index in [0.717, 1.165) is 75.4 Å². The minimum Gasteiger partial charge on any atom is -0.379 e. The highest BCUT2D eigenvalue weighted by Gasteiger charge is 2.23. The lowest BCUT2D eigenvalue weighted by molar-refractivity contribution is 0.0376. The number of carbonyl (C=O) groups excluding carboxylic acids is 1. The third-order valence-corrected chi connectivity index (χ3v) is 7.33. The fourth-order valence-corrected chi connectivity index (χ4v) is 5.66. The highest BCUT2D eigenvalue weighted by Crippen LogP contribution is 2.32. The number of hydrogen-bond acceptors (Lipinski definition) is 5. The zero-order valence-electron chi connectivity index (χ0n) is 18.1. The summed E-state index contributed by atoms with van der Waals surface area (Å²) in [5.74, 6) is 0.00176. The van der Waals surface area contributed by atoms with Gasteiger partial charge in [0, 0.05) is 36.2 Å². The molecule has 0 radical (unpaired) electrons. The molecule has 1 saturated heterocycles. The van der Waals surface area contributed by atoms with Crippen LogP contribution in [0.4, 0.5) is 5.13 Å². The minimum atomic E-state index is 0. The SMILES string of the molecule is Cl.O=C(c1cccc2ccccc12)N(CCCN1CCOCC1)c1nc2ccc(Br)cc2s1. The van der Waals surface area contributed by atoms with Crippen LogP contribution in [0.25, 0.3) is 21.0 Å². The van der Waals surface area contributed by atoms with Crippen molar-refractivity contribution >= 4 is 71.7 Å². The quantitative estimate of drug-likeness (QED) is 0.297. The molecule has 1 amide bonds. The summed E-state index contributed by atoms with van der Waals surface area (Å²) in [7, 11) is 0. The van der Waals surface area contributed by atoms with Crippen LogP contribution >= 0.6 is 39.7 Å². The number of fused-ring (bicyclic) bond motifs is 2. The van der Waals surface area contributed by atoms with Gasteiger partial charge in [-0.3, -0.25) is 14.6 Å². The second kappa shape index (κ2) is 10.9. The Hall–Kier alpha value is -2.03. The zero-order chi connectivity index (χ0) is 21.9. The molecule has 2 heterocycles. The van der Waals surface area contributed by atoms with Gasteiger partial charge in [-0.1, -0.05) is 63.7 Å². The van der Waals surface area contributed by atoms with Crippen molar-refractivity contribution < 1.29 is 9.53 Å². The molecule has 0 saturated carbocycles. The highest BCUT2D eigenvalue weighted by atomic mass is 79.9. The maximum atomic E-state index is 13.8. The number of nitrogens with zero attached hydrogens (tertiary/aromatic N) is 3. The number of amides is 1. The van der Waals surface area contributed by atoms with E-state index in [9.17, 15) is 4.79 Å². The van der Waals surface area contributed by atoms with Crippen molar-refractivity contribution in [1.29, 1.82) is 0 Å². The Morgan fingerprint density at radius 3 is 2.73 bits per heavy atom.